The van der Waals surface area contributed by atoms with Gasteiger partial charge in [-0.25, -0.2) is 0 Å². The lowest BCUT2D eigenvalue weighted by molar-refractivity contribution is 0.0967. The Balaban J connectivity index is 2.51. The Morgan fingerprint density at radius 1 is 0.760 bits per heavy atom. The van der Waals surface area contributed by atoms with Crippen molar-refractivity contribution in [3.05, 3.63) is 33.9 Å². The molecule has 3 rings (SSSR count). The molecule has 0 saturated carbocycles. The fourth-order valence-corrected chi connectivity index (χ4v) is 2.96. The molecule has 0 fully saturated rings. The maximum absolute atomic E-state index is 12.9. The first-order valence-electron chi connectivity index (χ1n) is 7.10. The van der Waals surface area contributed by atoms with Gasteiger partial charge in [0.05, 0.1) is 36.5 Å². The van der Waals surface area contributed by atoms with Crippen molar-refractivity contribution < 1.29 is 39.5 Å². The largest absolute Gasteiger partial charge is 0.507 e. The zero-order valence-corrected chi connectivity index (χ0v) is 13.5. The van der Waals surface area contributed by atoms with Gasteiger partial charge < -0.3 is 29.9 Å². The van der Waals surface area contributed by atoms with Gasteiger partial charge in [0.15, 0.2) is 23.0 Å². The van der Waals surface area contributed by atoms with Crippen molar-refractivity contribution in [2.75, 3.05) is 14.2 Å². The molecule has 2 aromatic rings. The van der Waals surface area contributed by atoms with Crippen LogP contribution in [0, 0.1) is 6.92 Å². The summed E-state index contributed by atoms with van der Waals surface area (Å²) in [6.07, 6.45) is 0. The van der Waals surface area contributed by atoms with Crippen LogP contribution in [0.2, 0.25) is 0 Å². The summed E-state index contributed by atoms with van der Waals surface area (Å²) in [6, 6.07) is 1.11. The molecule has 0 amide bonds. The highest BCUT2D eigenvalue weighted by Gasteiger charge is 2.41. The standard InChI is InChI=1S/C17H14O8/c1-5-12(19)9-10(16(23)13(5)20)15(22)11-8(14(9)21)7(24-2)4-6(18)17(11)25-3/h4,18-20,23H,1-3H3. The summed E-state index contributed by atoms with van der Waals surface area (Å²) in [4.78, 5) is 25.8. The van der Waals surface area contributed by atoms with Gasteiger partial charge in [-0.1, -0.05) is 0 Å². The molecule has 0 heterocycles. The lowest BCUT2D eigenvalue weighted by Gasteiger charge is -2.24. The van der Waals surface area contributed by atoms with Crippen molar-refractivity contribution in [1.29, 1.82) is 0 Å². The Labute approximate surface area is 141 Å². The molecule has 0 unspecified atom stereocenters. The van der Waals surface area contributed by atoms with E-state index in [-0.39, 0.29) is 28.2 Å². The number of carbonyl (C=O) groups is 2. The molecule has 0 atom stereocenters. The molecule has 4 N–H and O–H groups in total. The van der Waals surface area contributed by atoms with Crippen LogP contribution >= 0.6 is 0 Å². The number of fused-ring (bicyclic) bond motifs is 2. The number of methoxy groups -OCH3 is 2. The highest BCUT2D eigenvalue weighted by molar-refractivity contribution is 6.32. The van der Waals surface area contributed by atoms with Gasteiger partial charge in [-0.05, 0) is 6.92 Å². The summed E-state index contributed by atoms with van der Waals surface area (Å²) in [5, 5.41) is 40.3. The smallest absolute Gasteiger partial charge is 0.202 e. The van der Waals surface area contributed by atoms with Crippen molar-refractivity contribution in [2.24, 2.45) is 0 Å². The third-order valence-corrected chi connectivity index (χ3v) is 4.21. The molecule has 1 aliphatic carbocycles. The fraction of sp³-hybridized carbons (Fsp3) is 0.176. The van der Waals surface area contributed by atoms with E-state index in [9.17, 15) is 30.0 Å². The molecule has 25 heavy (non-hydrogen) atoms. The highest BCUT2D eigenvalue weighted by Crippen LogP contribution is 2.50. The number of phenolic OH excluding ortho intramolecular Hbond substituents is 4. The minimum absolute atomic E-state index is 0.0954. The summed E-state index contributed by atoms with van der Waals surface area (Å²) in [7, 11) is 2.44. The molecule has 0 aliphatic heterocycles. The Bertz CT molecular complexity index is 958. The van der Waals surface area contributed by atoms with Crippen molar-refractivity contribution in [2.45, 2.75) is 6.92 Å². The SMILES string of the molecule is COc1cc(O)c(OC)c2c1C(=O)c1c(O)c(C)c(O)c(O)c1C2=O. The third-order valence-electron chi connectivity index (χ3n) is 4.21. The van der Waals surface area contributed by atoms with Crippen LogP contribution in [0.3, 0.4) is 0 Å². The zero-order valence-electron chi connectivity index (χ0n) is 13.5. The quantitative estimate of drug-likeness (QED) is 0.406. The maximum atomic E-state index is 12.9. The topological polar surface area (TPSA) is 134 Å². The van der Waals surface area contributed by atoms with Crippen LogP contribution < -0.4 is 9.47 Å². The van der Waals surface area contributed by atoms with Gasteiger partial charge in [0.25, 0.3) is 0 Å². The maximum Gasteiger partial charge on any atom is 0.202 e. The average molecular weight is 346 g/mol. The summed E-state index contributed by atoms with van der Waals surface area (Å²) in [6.45, 7) is 1.28. The number of hydrogen-bond acceptors (Lipinski definition) is 8. The number of hydrogen-bond donors (Lipinski definition) is 4. The molecule has 0 bridgehead atoms. The van der Waals surface area contributed by atoms with E-state index in [1.807, 2.05) is 0 Å². The van der Waals surface area contributed by atoms with Crippen LogP contribution in [0.5, 0.6) is 34.5 Å². The number of benzene rings is 2. The zero-order chi connectivity index (χ0) is 18.6. The van der Waals surface area contributed by atoms with Gasteiger partial charge in [-0.3, -0.25) is 9.59 Å². The molecule has 2 aromatic carbocycles. The van der Waals surface area contributed by atoms with Crippen LogP contribution in [-0.2, 0) is 0 Å². The molecule has 0 saturated heterocycles. The van der Waals surface area contributed by atoms with Crippen molar-refractivity contribution >= 4 is 11.6 Å². The summed E-state index contributed by atoms with van der Waals surface area (Å²) >= 11 is 0. The van der Waals surface area contributed by atoms with E-state index < -0.39 is 45.7 Å². The summed E-state index contributed by atoms with van der Waals surface area (Å²) in [5.74, 6) is -4.70. The Morgan fingerprint density at radius 2 is 1.32 bits per heavy atom. The number of carbonyl (C=O) groups excluding carboxylic acids is 2. The van der Waals surface area contributed by atoms with E-state index in [1.54, 1.807) is 0 Å². The van der Waals surface area contributed by atoms with Crippen LogP contribution in [0.1, 0.15) is 37.4 Å². The van der Waals surface area contributed by atoms with Crippen LogP contribution in [-0.4, -0.2) is 46.2 Å². The minimum atomic E-state index is -0.904. The van der Waals surface area contributed by atoms with Gasteiger partial charge in [0.1, 0.15) is 11.5 Å². The first-order chi connectivity index (χ1) is 11.8. The second-order valence-electron chi connectivity index (χ2n) is 5.46. The predicted molar refractivity (Wildman–Crippen MR) is 84.2 cm³/mol. The monoisotopic (exact) mass is 346 g/mol. The molecular formula is C17H14O8. The second kappa shape index (κ2) is 5.30. The first-order valence-corrected chi connectivity index (χ1v) is 7.10. The molecule has 0 radical (unpaired) electrons. The highest BCUT2D eigenvalue weighted by atomic mass is 16.5. The van der Waals surface area contributed by atoms with Crippen LogP contribution in [0.15, 0.2) is 6.07 Å². The van der Waals surface area contributed by atoms with Gasteiger partial charge in [-0.15, -0.1) is 0 Å². The Morgan fingerprint density at radius 3 is 1.88 bits per heavy atom. The van der Waals surface area contributed by atoms with Crippen molar-refractivity contribution in [3.8, 4) is 34.5 Å². The van der Waals surface area contributed by atoms with Gasteiger partial charge in [0, 0.05) is 11.6 Å². The molecule has 130 valence electrons. The Hall–Kier alpha value is -3.42. The summed E-state index contributed by atoms with van der Waals surface area (Å²) < 4.78 is 10.1. The second-order valence-corrected chi connectivity index (χ2v) is 5.46. The third kappa shape index (κ3) is 1.94. The average Bonchev–Trinajstić information content (AvgIpc) is 2.59. The van der Waals surface area contributed by atoms with E-state index in [1.165, 1.54) is 21.1 Å². The number of rotatable bonds is 2. The minimum Gasteiger partial charge on any atom is -0.507 e. The van der Waals surface area contributed by atoms with E-state index >= 15 is 0 Å². The normalized spacial score (nSPS) is 12.6. The van der Waals surface area contributed by atoms with Gasteiger partial charge >= 0.3 is 0 Å². The number of ether oxygens (including phenoxy) is 2. The lowest BCUT2D eigenvalue weighted by atomic mass is 9.80. The number of phenols is 4. The fourth-order valence-electron chi connectivity index (χ4n) is 2.96. The predicted octanol–water partition coefficient (Wildman–Crippen LogP) is 1.61. The lowest BCUT2D eigenvalue weighted by Crippen LogP contribution is -2.23. The van der Waals surface area contributed by atoms with Crippen molar-refractivity contribution in [3.63, 3.8) is 0 Å². The van der Waals surface area contributed by atoms with Gasteiger partial charge in [-0.2, -0.15) is 0 Å². The van der Waals surface area contributed by atoms with Crippen LogP contribution in [0.25, 0.3) is 0 Å². The van der Waals surface area contributed by atoms with E-state index in [2.05, 4.69) is 0 Å². The first kappa shape index (κ1) is 16.4. The van der Waals surface area contributed by atoms with E-state index in [0.29, 0.717) is 0 Å². The number of aromatic hydroxyl groups is 4. The van der Waals surface area contributed by atoms with Crippen molar-refractivity contribution in [1.82, 2.24) is 0 Å². The molecular weight excluding hydrogens is 332 g/mol. The summed E-state index contributed by atoms with van der Waals surface area (Å²) in [5.41, 5.74) is -1.70. The van der Waals surface area contributed by atoms with Gasteiger partial charge in [0.2, 0.25) is 11.6 Å². The Kier molecular flexibility index (Phi) is 3.49. The molecule has 0 spiro atoms. The molecule has 8 nitrogen and oxygen atoms in total. The number of ketones is 2. The molecule has 0 aromatic heterocycles. The molecule has 1 aliphatic rings. The van der Waals surface area contributed by atoms with E-state index in [0.717, 1.165) is 6.07 Å². The van der Waals surface area contributed by atoms with E-state index in [4.69, 9.17) is 9.47 Å². The van der Waals surface area contributed by atoms with Crippen LogP contribution in [0.4, 0.5) is 0 Å². The molecule has 8 heteroatoms.